The average molecular weight is 329 g/mol. The lowest BCUT2D eigenvalue weighted by Crippen LogP contribution is -2.40. The van der Waals surface area contributed by atoms with Gasteiger partial charge in [0.1, 0.15) is 5.82 Å². The van der Waals surface area contributed by atoms with Crippen molar-refractivity contribution in [2.75, 3.05) is 13.1 Å². The van der Waals surface area contributed by atoms with Gasteiger partial charge in [0, 0.05) is 29.2 Å². The Balaban J connectivity index is 2.26. The number of nitrogens with two attached hydrogens (primary N) is 1. The first kappa shape index (κ1) is 14.9. The Kier molecular flexibility index (Phi) is 4.98. The van der Waals surface area contributed by atoms with Crippen LogP contribution < -0.4 is 5.73 Å². The summed E-state index contributed by atoms with van der Waals surface area (Å²) in [6.45, 7) is 5.77. The SMILES string of the molecule is CC(C)N(CC1CC1)C(CN)c1cc(Br)ccc1F. The molecule has 0 aliphatic heterocycles. The molecule has 19 heavy (non-hydrogen) atoms. The molecule has 0 radical (unpaired) electrons. The molecule has 1 atom stereocenters. The monoisotopic (exact) mass is 328 g/mol. The van der Waals surface area contributed by atoms with Crippen molar-refractivity contribution >= 4 is 15.9 Å². The van der Waals surface area contributed by atoms with Gasteiger partial charge in [-0.2, -0.15) is 0 Å². The predicted molar refractivity (Wildman–Crippen MR) is 80.5 cm³/mol. The highest BCUT2D eigenvalue weighted by atomic mass is 79.9. The third-order valence-corrected chi connectivity index (χ3v) is 4.26. The summed E-state index contributed by atoms with van der Waals surface area (Å²) < 4.78 is 15.0. The lowest BCUT2D eigenvalue weighted by Gasteiger charge is -2.35. The summed E-state index contributed by atoms with van der Waals surface area (Å²) in [4.78, 5) is 2.34. The Labute approximate surface area is 123 Å². The zero-order valence-electron chi connectivity index (χ0n) is 11.6. The van der Waals surface area contributed by atoms with Gasteiger partial charge >= 0.3 is 0 Å². The van der Waals surface area contributed by atoms with Crippen molar-refractivity contribution in [3.63, 3.8) is 0 Å². The molecule has 0 bridgehead atoms. The summed E-state index contributed by atoms with van der Waals surface area (Å²) in [6.07, 6.45) is 2.59. The van der Waals surface area contributed by atoms with Crippen LogP contribution in [-0.2, 0) is 0 Å². The number of benzene rings is 1. The van der Waals surface area contributed by atoms with Crippen molar-refractivity contribution < 1.29 is 4.39 Å². The van der Waals surface area contributed by atoms with Crippen LogP contribution in [0.25, 0.3) is 0 Å². The molecular weight excluding hydrogens is 307 g/mol. The molecule has 4 heteroatoms. The van der Waals surface area contributed by atoms with E-state index in [4.69, 9.17) is 5.73 Å². The van der Waals surface area contributed by atoms with Crippen molar-refractivity contribution in [3.05, 3.63) is 34.1 Å². The third kappa shape index (κ3) is 3.77. The number of hydrogen-bond acceptors (Lipinski definition) is 2. The molecule has 1 aliphatic rings. The van der Waals surface area contributed by atoms with E-state index < -0.39 is 0 Å². The smallest absolute Gasteiger partial charge is 0.128 e. The van der Waals surface area contributed by atoms with Crippen molar-refractivity contribution in [2.24, 2.45) is 11.7 Å². The highest BCUT2D eigenvalue weighted by Gasteiger charge is 2.30. The normalized spacial score (nSPS) is 17.2. The molecule has 0 saturated heterocycles. The quantitative estimate of drug-likeness (QED) is 0.862. The van der Waals surface area contributed by atoms with Gasteiger partial charge in [-0.25, -0.2) is 4.39 Å². The Morgan fingerprint density at radius 2 is 2.11 bits per heavy atom. The summed E-state index contributed by atoms with van der Waals surface area (Å²) in [5.74, 6) is 0.603. The summed E-state index contributed by atoms with van der Waals surface area (Å²) >= 11 is 3.42. The van der Waals surface area contributed by atoms with Gasteiger partial charge in [0.25, 0.3) is 0 Å². The second-order valence-electron chi connectivity index (χ2n) is 5.65. The first-order valence-corrected chi connectivity index (χ1v) is 7.73. The Morgan fingerprint density at radius 1 is 1.42 bits per heavy atom. The third-order valence-electron chi connectivity index (χ3n) is 3.77. The minimum absolute atomic E-state index is 0.0434. The van der Waals surface area contributed by atoms with Gasteiger partial charge in [-0.15, -0.1) is 0 Å². The molecule has 1 unspecified atom stereocenters. The molecule has 0 heterocycles. The minimum Gasteiger partial charge on any atom is -0.329 e. The Bertz CT molecular complexity index is 432. The maximum Gasteiger partial charge on any atom is 0.128 e. The van der Waals surface area contributed by atoms with Crippen LogP contribution in [0.3, 0.4) is 0 Å². The molecule has 1 saturated carbocycles. The van der Waals surface area contributed by atoms with Crippen molar-refractivity contribution in [3.8, 4) is 0 Å². The number of hydrogen-bond donors (Lipinski definition) is 1. The molecule has 0 amide bonds. The molecule has 1 aliphatic carbocycles. The molecule has 0 spiro atoms. The average Bonchev–Trinajstić information content (AvgIpc) is 3.17. The van der Waals surface area contributed by atoms with Crippen LogP contribution in [0.5, 0.6) is 0 Å². The van der Waals surface area contributed by atoms with Crippen LogP contribution in [-0.4, -0.2) is 24.0 Å². The molecule has 1 aromatic rings. The maximum absolute atomic E-state index is 14.1. The standard InChI is InChI=1S/C15H22BrFN2/c1-10(2)19(9-11-3-4-11)15(8-18)13-7-12(16)5-6-14(13)17/h5-7,10-11,15H,3-4,8-9,18H2,1-2H3. The fraction of sp³-hybridized carbons (Fsp3) is 0.600. The van der Waals surface area contributed by atoms with E-state index in [0.717, 1.165) is 16.9 Å². The summed E-state index contributed by atoms with van der Waals surface area (Å²) in [5.41, 5.74) is 6.64. The molecule has 106 valence electrons. The van der Waals surface area contributed by atoms with Crippen molar-refractivity contribution in [1.29, 1.82) is 0 Å². The highest BCUT2D eigenvalue weighted by Crippen LogP contribution is 2.34. The summed E-state index contributed by atoms with van der Waals surface area (Å²) in [6, 6.07) is 5.42. The Morgan fingerprint density at radius 3 is 2.63 bits per heavy atom. The summed E-state index contributed by atoms with van der Waals surface area (Å²) in [5, 5.41) is 0. The number of nitrogens with zero attached hydrogens (tertiary/aromatic N) is 1. The molecular formula is C15H22BrFN2. The second-order valence-corrected chi connectivity index (χ2v) is 6.57. The fourth-order valence-electron chi connectivity index (χ4n) is 2.51. The van der Waals surface area contributed by atoms with Gasteiger partial charge in [-0.1, -0.05) is 15.9 Å². The van der Waals surface area contributed by atoms with Gasteiger partial charge in [-0.05, 0) is 50.8 Å². The largest absolute Gasteiger partial charge is 0.329 e. The van der Waals surface area contributed by atoms with E-state index in [9.17, 15) is 4.39 Å². The molecule has 2 rings (SSSR count). The van der Waals surface area contributed by atoms with Crippen molar-refractivity contribution in [2.45, 2.75) is 38.8 Å². The molecule has 1 fully saturated rings. The Hall–Kier alpha value is -0.450. The van der Waals surface area contributed by atoms with Gasteiger partial charge < -0.3 is 5.73 Å². The molecule has 0 aromatic heterocycles. The van der Waals surface area contributed by atoms with E-state index in [1.165, 1.54) is 18.9 Å². The summed E-state index contributed by atoms with van der Waals surface area (Å²) in [7, 11) is 0. The number of rotatable bonds is 6. The minimum atomic E-state index is -0.167. The molecule has 1 aromatic carbocycles. The first-order chi connectivity index (χ1) is 9.02. The predicted octanol–water partition coefficient (Wildman–Crippen LogP) is 3.71. The highest BCUT2D eigenvalue weighted by molar-refractivity contribution is 9.10. The topological polar surface area (TPSA) is 29.3 Å². The fourth-order valence-corrected chi connectivity index (χ4v) is 2.89. The van der Waals surface area contributed by atoms with E-state index in [-0.39, 0.29) is 11.9 Å². The van der Waals surface area contributed by atoms with Gasteiger partial charge in [0.05, 0.1) is 6.04 Å². The lowest BCUT2D eigenvalue weighted by molar-refractivity contribution is 0.147. The zero-order valence-corrected chi connectivity index (χ0v) is 13.2. The van der Waals surface area contributed by atoms with Gasteiger partial charge in [-0.3, -0.25) is 4.90 Å². The van der Waals surface area contributed by atoms with E-state index in [2.05, 4.69) is 34.7 Å². The van der Waals surface area contributed by atoms with Crippen LogP contribution in [0.4, 0.5) is 4.39 Å². The van der Waals surface area contributed by atoms with E-state index >= 15 is 0 Å². The van der Waals surface area contributed by atoms with Crippen LogP contribution in [0.15, 0.2) is 22.7 Å². The zero-order chi connectivity index (χ0) is 14.0. The van der Waals surface area contributed by atoms with E-state index in [1.807, 2.05) is 6.07 Å². The second kappa shape index (κ2) is 6.33. The van der Waals surface area contributed by atoms with E-state index in [1.54, 1.807) is 6.07 Å². The lowest BCUT2D eigenvalue weighted by atomic mass is 10.0. The molecule has 2 N–H and O–H groups in total. The van der Waals surface area contributed by atoms with Crippen LogP contribution in [0.2, 0.25) is 0 Å². The molecule has 2 nitrogen and oxygen atoms in total. The van der Waals surface area contributed by atoms with E-state index in [0.29, 0.717) is 18.2 Å². The number of halogens is 2. The van der Waals surface area contributed by atoms with Gasteiger partial charge in [0.15, 0.2) is 0 Å². The van der Waals surface area contributed by atoms with Crippen LogP contribution >= 0.6 is 15.9 Å². The van der Waals surface area contributed by atoms with Crippen molar-refractivity contribution in [1.82, 2.24) is 4.90 Å². The van der Waals surface area contributed by atoms with Gasteiger partial charge in [0.2, 0.25) is 0 Å². The first-order valence-electron chi connectivity index (χ1n) is 6.93. The maximum atomic E-state index is 14.1. The van der Waals surface area contributed by atoms with Crippen LogP contribution in [0, 0.1) is 11.7 Å². The van der Waals surface area contributed by atoms with Crippen LogP contribution in [0.1, 0.15) is 38.3 Å².